The van der Waals surface area contributed by atoms with Crippen molar-refractivity contribution in [1.29, 1.82) is 0 Å². The third-order valence-electron chi connectivity index (χ3n) is 2.68. The first kappa shape index (κ1) is 15.0. The SMILES string of the molecule is Cc1cc(OCC(C)(C)C)cc(F)c1C(C)(C)C. The Balaban J connectivity index is 3.01. The van der Waals surface area contributed by atoms with Crippen LogP contribution in [0.25, 0.3) is 0 Å². The molecule has 18 heavy (non-hydrogen) atoms. The Morgan fingerprint density at radius 3 is 2.00 bits per heavy atom. The maximum atomic E-state index is 14.1. The van der Waals surface area contributed by atoms with Crippen LogP contribution in [-0.2, 0) is 5.41 Å². The van der Waals surface area contributed by atoms with Gasteiger partial charge in [-0.2, -0.15) is 0 Å². The van der Waals surface area contributed by atoms with Gasteiger partial charge in [0.15, 0.2) is 0 Å². The summed E-state index contributed by atoms with van der Waals surface area (Å²) >= 11 is 0. The van der Waals surface area contributed by atoms with E-state index in [1.165, 1.54) is 6.07 Å². The highest BCUT2D eigenvalue weighted by molar-refractivity contribution is 5.39. The summed E-state index contributed by atoms with van der Waals surface area (Å²) in [7, 11) is 0. The van der Waals surface area contributed by atoms with Gasteiger partial charge in [0.25, 0.3) is 0 Å². The first-order valence-electron chi connectivity index (χ1n) is 6.44. The summed E-state index contributed by atoms with van der Waals surface area (Å²) in [5.41, 5.74) is 1.61. The van der Waals surface area contributed by atoms with E-state index in [0.29, 0.717) is 12.4 Å². The van der Waals surface area contributed by atoms with Crippen molar-refractivity contribution in [2.24, 2.45) is 5.41 Å². The van der Waals surface area contributed by atoms with Gasteiger partial charge in [-0.05, 0) is 34.9 Å². The van der Waals surface area contributed by atoms with Crippen LogP contribution in [0.15, 0.2) is 12.1 Å². The van der Waals surface area contributed by atoms with E-state index in [4.69, 9.17) is 4.74 Å². The molecule has 1 nitrogen and oxygen atoms in total. The van der Waals surface area contributed by atoms with E-state index in [1.54, 1.807) is 0 Å². The second kappa shape index (κ2) is 4.91. The van der Waals surface area contributed by atoms with Crippen molar-refractivity contribution in [2.45, 2.75) is 53.9 Å². The average Bonchev–Trinajstić information content (AvgIpc) is 2.10. The molecular weight excluding hydrogens is 227 g/mol. The number of ether oxygens (including phenoxy) is 1. The molecule has 0 heterocycles. The van der Waals surface area contributed by atoms with Crippen LogP contribution >= 0.6 is 0 Å². The summed E-state index contributed by atoms with van der Waals surface area (Å²) in [6.45, 7) is 14.9. The Hall–Kier alpha value is -1.05. The Labute approximate surface area is 110 Å². The Bertz CT molecular complexity index is 399. The molecule has 0 saturated heterocycles. The van der Waals surface area contributed by atoms with Crippen LogP contribution in [0.2, 0.25) is 0 Å². The number of halogens is 1. The fourth-order valence-corrected chi connectivity index (χ4v) is 2.05. The first-order chi connectivity index (χ1) is 8.00. The van der Waals surface area contributed by atoms with E-state index in [1.807, 2.05) is 33.8 Å². The highest BCUT2D eigenvalue weighted by atomic mass is 19.1. The normalized spacial score (nSPS) is 12.7. The third-order valence-corrected chi connectivity index (χ3v) is 2.68. The van der Waals surface area contributed by atoms with Gasteiger partial charge in [-0.3, -0.25) is 0 Å². The fourth-order valence-electron chi connectivity index (χ4n) is 2.05. The zero-order chi connectivity index (χ0) is 14.1. The Morgan fingerprint density at radius 1 is 1.06 bits per heavy atom. The van der Waals surface area contributed by atoms with Crippen LogP contribution in [0.3, 0.4) is 0 Å². The van der Waals surface area contributed by atoms with E-state index in [9.17, 15) is 4.39 Å². The summed E-state index contributed by atoms with van der Waals surface area (Å²) in [5, 5.41) is 0. The van der Waals surface area contributed by atoms with Gasteiger partial charge in [-0.25, -0.2) is 4.39 Å². The molecule has 102 valence electrons. The van der Waals surface area contributed by atoms with E-state index in [2.05, 4.69) is 20.8 Å². The van der Waals surface area contributed by atoms with Crippen LogP contribution < -0.4 is 4.74 Å². The zero-order valence-electron chi connectivity index (χ0n) is 12.6. The summed E-state index contributed by atoms with van der Waals surface area (Å²) in [6.07, 6.45) is 0. The van der Waals surface area contributed by atoms with Gasteiger partial charge in [0.2, 0.25) is 0 Å². The fraction of sp³-hybridized carbons (Fsp3) is 0.625. The third kappa shape index (κ3) is 4.01. The van der Waals surface area contributed by atoms with Crippen LogP contribution in [-0.4, -0.2) is 6.61 Å². The molecule has 0 aromatic heterocycles. The molecule has 0 aliphatic heterocycles. The number of hydrogen-bond acceptors (Lipinski definition) is 1. The molecule has 0 radical (unpaired) electrons. The minimum atomic E-state index is -0.184. The largest absolute Gasteiger partial charge is 0.493 e. The van der Waals surface area contributed by atoms with Gasteiger partial charge in [0, 0.05) is 6.07 Å². The number of hydrogen-bond donors (Lipinski definition) is 0. The van der Waals surface area contributed by atoms with Crippen LogP contribution in [0.1, 0.15) is 52.7 Å². The van der Waals surface area contributed by atoms with E-state index in [-0.39, 0.29) is 16.6 Å². The molecule has 1 aromatic carbocycles. The lowest BCUT2D eigenvalue weighted by Crippen LogP contribution is -2.18. The lowest BCUT2D eigenvalue weighted by molar-refractivity contribution is 0.197. The van der Waals surface area contributed by atoms with E-state index in [0.717, 1.165) is 11.1 Å². The van der Waals surface area contributed by atoms with Gasteiger partial charge < -0.3 is 4.74 Å². The summed E-state index contributed by atoms with van der Waals surface area (Å²) in [4.78, 5) is 0. The molecule has 0 unspecified atom stereocenters. The molecule has 0 bridgehead atoms. The lowest BCUT2D eigenvalue weighted by atomic mass is 9.83. The Kier molecular flexibility index (Phi) is 4.09. The average molecular weight is 252 g/mol. The molecule has 1 aromatic rings. The summed E-state index contributed by atoms with van der Waals surface area (Å²) < 4.78 is 19.8. The highest BCUT2D eigenvalue weighted by Gasteiger charge is 2.22. The molecule has 0 saturated carbocycles. The van der Waals surface area contributed by atoms with Crippen molar-refractivity contribution in [1.82, 2.24) is 0 Å². The zero-order valence-corrected chi connectivity index (χ0v) is 12.6. The molecule has 0 spiro atoms. The van der Waals surface area contributed by atoms with Gasteiger partial charge in [-0.1, -0.05) is 41.5 Å². The Morgan fingerprint density at radius 2 is 1.61 bits per heavy atom. The van der Waals surface area contributed by atoms with Gasteiger partial charge in [0.05, 0.1) is 6.61 Å². The number of aryl methyl sites for hydroxylation is 1. The molecular formula is C16H25FO. The number of rotatable bonds is 2. The van der Waals surface area contributed by atoms with Crippen LogP contribution in [0.5, 0.6) is 5.75 Å². The summed E-state index contributed by atoms with van der Waals surface area (Å²) in [5.74, 6) is 0.444. The monoisotopic (exact) mass is 252 g/mol. The maximum absolute atomic E-state index is 14.1. The van der Waals surface area contributed by atoms with Crippen molar-refractivity contribution in [3.8, 4) is 5.75 Å². The van der Waals surface area contributed by atoms with Gasteiger partial charge in [-0.15, -0.1) is 0 Å². The summed E-state index contributed by atoms with van der Waals surface area (Å²) in [6, 6.07) is 3.43. The molecule has 1 rings (SSSR count). The molecule has 0 aliphatic rings. The number of benzene rings is 1. The van der Waals surface area contributed by atoms with Crippen molar-refractivity contribution in [3.05, 3.63) is 29.1 Å². The molecule has 0 N–H and O–H groups in total. The van der Waals surface area contributed by atoms with Crippen molar-refractivity contribution in [3.63, 3.8) is 0 Å². The molecule has 0 aliphatic carbocycles. The van der Waals surface area contributed by atoms with Crippen molar-refractivity contribution < 1.29 is 9.13 Å². The van der Waals surface area contributed by atoms with Crippen molar-refractivity contribution >= 4 is 0 Å². The minimum Gasteiger partial charge on any atom is -0.493 e. The van der Waals surface area contributed by atoms with Crippen LogP contribution in [0, 0.1) is 18.2 Å². The smallest absolute Gasteiger partial charge is 0.130 e. The van der Waals surface area contributed by atoms with Gasteiger partial charge >= 0.3 is 0 Å². The minimum absolute atomic E-state index is 0.0765. The van der Waals surface area contributed by atoms with Crippen molar-refractivity contribution in [2.75, 3.05) is 6.61 Å². The molecule has 2 heteroatoms. The van der Waals surface area contributed by atoms with Crippen LogP contribution in [0.4, 0.5) is 4.39 Å². The van der Waals surface area contributed by atoms with Gasteiger partial charge in [0.1, 0.15) is 11.6 Å². The second-order valence-electron chi connectivity index (χ2n) is 7.20. The predicted molar refractivity (Wildman–Crippen MR) is 74.8 cm³/mol. The lowest BCUT2D eigenvalue weighted by Gasteiger charge is -2.24. The molecule has 0 atom stereocenters. The molecule has 0 fully saturated rings. The van der Waals surface area contributed by atoms with E-state index >= 15 is 0 Å². The predicted octanol–water partition coefficient (Wildman–Crippen LogP) is 4.86. The topological polar surface area (TPSA) is 9.23 Å². The second-order valence-corrected chi connectivity index (χ2v) is 7.20. The maximum Gasteiger partial charge on any atom is 0.130 e. The molecule has 0 amide bonds. The van der Waals surface area contributed by atoms with E-state index < -0.39 is 0 Å². The first-order valence-corrected chi connectivity index (χ1v) is 6.44. The standard InChI is InChI=1S/C16H25FO/c1-11-8-12(18-10-15(2,3)4)9-13(17)14(11)16(5,6)7/h8-9H,10H2,1-7H3. The quantitative estimate of drug-likeness (QED) is 0.730. The highest BCUT2D eigenvalue weighted by Crippen LogP contribution is 2.31.